The number of nitrogens with one attached hydrogen (secondary N) is 2. The highest BCUT2D eigenvalue weighted by molar-refractivity contribution is 5.94. The lowest BCUT2D eigenvalue weighted by Gasteiger charge is -2.17. The summed E-state index contributed by atoms with van der Waals surface area (Å²) in [7, 11) is 1.75. The molecule has 2 rings (SSSR count). The molecule has 0 bridgehead atoms. The van der Waals surface area contributed by atoms with Crippen LogP contribution < -0.4 is 5.32 Å². The number of hydrogen-bond acceptors (Lipinski definition) is 4. The van der Waals surface area contributed by atoms with Crippen LogP contribution >= 0.6 is 0 Å². The summed E-state index contributed by atoms with van der Waals surface area (Å²) in [6.45, 7) is 2.34. The number of fused-ring (bicyclic) bond motifs is 1. The third kappa shape index (κ3) is 4.93. The van der Waals surface area contributed by atoms with Crippen molar-refractivity contribution in [3.05, 3.63) is 24.0 Å². The molecule has 1 amide bonds. The van der Waals surface area contributed by atoms with Gasteiger partial charge in [0.25, 0.3) is 0 Å². The van der Waals surface area contributed by atoms with E-state index in [2.05, 4.69) is 15.3 Å². The van der Waals surface area contributed by atoms with E-state index in [9.17, 15) is 23.1 Å². The Balaban J connectivity index is 2.00. The number of aliphatic hydroxyl groups is 1. The number of anilines is 1. The average Bonchev–Trinajstić information content (AvgIpc) is 2.88. The summed E-state index contributed by atoms with van der Waals surface area (Å²) in [5.74, 6) is -1.36. The minimum atomic E-state index is -4.55. The number of benzene rings is 1. The monoisotopic (exact) mass is 344 g/mol. The van der Waals surface area contributed by atoms with Crippen LogP contribution in [-0.2, 0) is 11.0 Å². The molecule has 24 heavy (non-hydrogen) atoms. The highest BCUT2D eigenvalue weighted by atomic mass is 19.4. The van der Waals surface area contributed by atoms with Crippen molar-refractivity contribution in [2.24, 2.45) is 0 Å². The number of imidazole rings is 1. The Morgan fingerprint density at radius 1 is 1.46 bits per heavy atom. The van der Waals surface area contributed by atoms with E-state index in [0.29, 0.717) is 18.7 Å². The molecule has 1 heterocycles. The number of alkyl halides is 3. The van der Waals surface area contributed by atoms with Crippen molar-refractivity contribution in [1.29, 1.82) is 0 Å². The summed E-state index contributed by atoms with van der Waals surface area (Å²) in [4.78, 5) is 19.4. The van der Waals surface area contributed by atoms with Crippen LogP contribution in [0, 0.1) is 0 Å². The predicted octanol–water partition coefficient (Wildman–Crippen LogP) is 2.22. The van der Waals surface area contributed by atoms with Gasteiger partial charge >= 0.3 is 6.18 Å². The van der Waals surface area contributed by atoms with Crippen molar-refractivity contribution in [2.75, 3.05) is 25.5 Å². The number of likely N-dealkylation sites (N-methyl/N-ethyl adjacent to an activating group) is 1. The quantitative estimate of drug-likeness (QED) is 0.751. The topological polar surface area (TPSA) is 81.2 Å². The number of carbonyl (C=O) groups excluding carboxylic acids is 1. The third-order valence-corrected chi connectivity index (χ3v) is 3.38. The van der Waals surface area contributed by atoms with Crippen molar-refractivity contribution in [3.8, 4) is 0 Å². The number of hydrogen-bond donors (Lipinski definition) is 3. The zero-order valence-corrected chi connectivity index (χ0v) is 13.3. The number of aromatic amines is 1. The first kappa shape index (κ1) is 18.2. The third-order valence-electron chi connectivity index (χ3n) is 3.38. The Hall–Kier alpha value is -2.13. The van der Waals surface area contributed by atoms with Gasteiger partial charge in [-0.3, -0.25) is 9.69 Å². The molecule has 6 nitrogen and oxygen atoms in total. The van der Waals surface area contributed by atoms with E-state index in [1.54, 1.807) is 18.9 Å². The fraction of sp³-hybridized carbons (Fsp3) is 0.467. The molecule has 0 saturated carbocycles. The van der Waals surface area contributed by atoms with Gasteiger partial charge in [0.05, 0.1) is 23.7 Å². The zero-order valence-electron chi connectivity index (χ0n) is 13.3. The van der Waals surface area contributed by atoms with E-state index in [1.165, 1.54) is 18.2 Å². The minimum Gasteiger partial charge on any atom is -0.393 e. The number of carbonyl (C=O) groups is 1. The molecule has 1 aromatic carbocycles. The number of H-pyrrole nitrogens is 1. The molecule has 1 aromatic heterocycles. The highest BCUT2D eigenvalue weighted by Gasteiger charge is 2.34. The van der Waals surface area contributed by atoms with E-state index in [1.807, 2.05) is 0 Å². The van der Waals surface area contributed by atoms with Crippen LogP contribution in [-0.4, -0.2) is 52.1 Å². The SMILES string of the molecule is CC(O)CCN(C)CC(=O)Nc1ccc2nc(C(F)(F)F)[nH]c2c1. The largest absolute Gasteiger partial charge is 0.449 e. The van der Waals surface area contributed by atoms with Crippen LogP contribution in [0.1, 0.15) is 19.2 Å². The van der Waals surface area contributed by atoms with Crippen LogP contribution in [0.15, 0.2) is 18.2 Å². The lowest BCUT2D eigenvalue weighted by atomic mass is 10.2. The van der Waals surface area contributed by atoms with E-state index >= 15 is 0 Å². The summed E-state index contributed by atoms with van der Waals surface area (Å²) >= 11 is 0. The first-order valence-corrected chi connectivity index (χ1v) is 7.38. The highest BCUT2D eigenvalue weighted by Crippen LogP contribution is 2.29. The maximum Gasteiger partial charge on any atom is 0.449 e. The zero-order chi connectivity index (χ0) is 17.9. The summed E-state index contributed by atoms with van der Waals surface area (Å²) in [6, 6.07) is 4.32. The molecule has 0 aliphatic carbocycles. The molecule has 0 saturated heterocycles. The van der Waals surface area contributed by atoms with Gasteiger partial charge in [-0.05, 0) is 38.6 Å². The average molecular weight is 344 g/mol. The van der Waals surface area contributed by atoms with Crippen molar-refractivity contribution < 1.29 is 23.1 Å². The Morgan fingerprint density at radius 3 is 2.79 bits per heavy atom. The number of aromatic nitrogens is 2. The second kappa shape index (κ2) is 7.18. The standard InChI is InChI=1S/C15H19F3N4O2/c1-9(23)5-6-22(2)8-13(24)19-10-3-4-11-12(7-10)21-14(20-11)15(16,17)18/h3-4,7,9,23H,5-6,8H2,1-2H3,(H,19,24)(H,20,21). The van der Waals surface area contributed by atoms with Crippen molar-refractivity contribution in [3.63, 3.8) is 0 Å². The predicted molar refractivity (Wildman–Crippen MR) is 83.5 cm³/mol. The lowest BCUT2D eigenvalue weighted by molar-refractivity contribution is -0.144. The molecule has 1 unspecified atom stereocenters. The van der Waals surface area contributed by atoms with Gasteiger partial charge < -0.3 is 15.4 Å². The number of amides is 1. The molecule has 0 spiro atoms. The maximum absolute atomic E-state index is 12.6. The Kier molecular flexibility index (Phi) is 5.45. The van der Waals surface area contributed by atoms with Gasteiger partial charge in [-0.1, -0.05) is 0 Å². The van der Waals surface area contributed by atoms with Gasteiger partial charge in [-0.15, -0.1) is 0 Å². The number of halogens is 3. The van der Waals surface area contributed by atoms with Gasteiger partial charge in [-0.25, -0.2) is 4.98 Å². The molecular weight excluding hydrogens is 325 g/mol. The second-order valence-corrected chi connectivity index (χ2v) is 5.74. The van der Waals surface area contributed by atoms with Gasteiger partial charge in [0.1, 0.15) is 0 Å². The second-order valence-electron chi connectivity index (χ2n) is 5.74. The fourth-order valence-electron chi connectivity index (χ4n) is 2.15. The van der Waals surface area contributed by atoms with E-state index in [0.717, 1.165) is 0 Å². The van der Waals surface area contributed by atoms with Crippen molar-refractivity contribution in [2.45, 2.75) is 25.6 Å². The smallest absolute Gasteiger partial charge is 0.393 e. The van der Waals surface area contributed by atoms with Gasteiger partial charge in [0.2, 0.25) is 11.7 Å². The normalized spacial score (nSPS) is 13.5. The van der Waals surface area contributed by atoms with Gasteiger partial charge in [0, 0.05) is 12.2 Å². The summed E-state index contributed by atoms with van der Waals surface area (Å²) < 4.78 is 37.9. The van der Waals surface area contributed by atoms with Gasteiger partial charge in [-0.2, -0.15) is 13.2 Å². The maximum atomic E-state index is 12.6. The van der Waals surface area contributed by atoms with Crippen molar-refractivity contribution in [1.82, 2.24) is 14.9 Å². The molecular formula is C15H19F3N4O2. The van der Waals surface area contributed by atoms with E-state index in [-0.39, 0.29) is 23.5 Å². The van der Waals surface area contributed by atoms with Crippen LogP contribution in [0.4, 0.5) is 18.9 Å². The van der Waals surface area contributed by atoms with Crippen LogP contribution in [0.5, 0.6) is 0 Å². The molecule has 0 aliphatic rings. The number of nitrogens with zero attached hydrogens (tertiary/aromatic N) is 2. The van der Waals surface area contributed by atoms with E-state index in [4.69, 9.17) is 0 Å². The summed E-state index contributed by atoms with van der Waals surface area (Å²) in [6.07, 6.45) is -4.44. The number of rotatable bonds is 6. The summed E-state index contributed by atoms with van der Waals surface area (Å²) in [5, 5.41) is 11.8. The fourth-order valence-corrected chi connectivity index (χ4v) is 2.15. The molecule has 1 atom stereocenters. The van der Waals surface area contributed by atoms with Crippen LogP contribution in [0.25, 0.3) is 11.0 Å². The summed E-state index contributed by atoms with van der Waals surface area (Å²) in [5.41, 5.74) is 0.755. The van der Waals surface area contributed by atoms with Gasteiger partial charge in [0.15, 0.2) is 0 Å². The Morgan fingerprint density at radius 2 is 2.17 bits per heavy atom. The van der Waals surface area contributed by atoms with Crippen LogP contribution in [0.3, 0.4) is 0 Å². The van der Waals surface area contributed by atoms with Crippen molar-refractivity contribution >= 4 is 22.6 Å². The Labute approximate surface area is 136 Å². The van der Waals surface area contributed by atoms with Crippen LogP contribution in [0.2, 0.25) is 0 Å². The molecule has 9 heteroatoms. The molecule has 0 fully saturated rings. The first-order valence-electron chi connectivity index (χ1n) is 7.38. The van der Waals surface area contributed by atoms with E-state index < -0.39 is 18.1 Å². The lowest BCUT2D eigenvalue weighted by Crippen LogP contribution is -2.32. The molecule has 132 valence electrons. The molecule has 3 N–H and O–H groups in total. The Bertz CT molecular complexity index is 712. The molecule has 2 aromatic rings. The molecule has 0 radical (unpaired) electrons. The molecule has 0 aliphatic heterocycles. The minimum absolute atomic E-state index is 0.113. The number of aliphatic hydroxyl groups excluding tert-OH is 1. The first-order chi connectivity index (χ1) is 11.1.